The first-order chi connectivity index (χ1) is 16.8. The third kappa shape index (κ3) is 5.01. The fourth-order valence-electron chi connectivity index (χ4n) is 4.14. The monoisotopic (exact) mass is 481 g/mol. The molecule has 1 fully saturated rings. The van der Waals surface area contributed by atoms with E-state index in [1.54, 1.807) is 46.8 Å². The number of amides is 2. The van der Waals surface area contributed by atoms with Crippen LogP contribution in [0.4, 0.5) is 14.6 Å². The van der Waals surface area contributed by atoms with Crippen molar-refractivity contribution in [2.75, 3.05) is 18.8 Å². The highest BCUT2D eigenvalue weighted by atomic mass is 19.1. The van der Waals surface area contributed by atoms with Crippen molar-refractivity contribution in [3.8, 4) is 22.8 Å². The highest BCUT2D eigenvalue weighted by molar-refractivity contribution is 6.03. The molecule has 2 heterocycles. The lowest BCUT2D eigenvalue weighted by atomic mass is 10.1. The number of hydrogen-bond acceptors (Lipinski definition) is 5. The molecule has 0 aliphatic carbocycles. The summed E-state index contributed by atoms with van der Waals surface area (Å²) in [4.78, 5) is 26.3. The third-order valence-electron chi connectivity index (χ3n) is 5.81. The molecule has 4 N–H and O–H groups in total. The molecule has 4 rings (SSSR count). The van der Waals surface area contributed by atoms with E-state index < -0.39 is 17.5 Å². The second-order valence-corrected chi connectivity index (χ2v) is 8.20. The average molecular weight is 482 g/mol. The minimum atomic E-state index is -0.828. The zero-order valence-corrected chi connectivity index (χ0v) is 19.1. The zero-order valence-electron chi connectivity index (χ0n) is 19.1. The molecule has 10 heteroatoms. The van der Waals surface area contributed by atoms with Gasteiger partial charge in [0.2, 0.25) is 5.91 Å². The van der Waals surface area contributed by atoms with Gasteiger partial charge in [0.25, 0.3) is 5.91 Å². The predicted molar refractivity (Wildman–Crippen MR) is 127 cm³/mol. The van der Waals surface area contributed by atoms with Crippen LogP contribution in [-0.2, 0) is 4.79 Å². The Kier molecular flexibility index (Phi) is 6.81. The van der Waals surface area contributed by atoms with Crippen LogP contribution in [0.1, 0.15) is 36.2 Å². The summed E-state index contributed by atoms with van der Waals surface area (Å²) in [5.41, 5.74) is 12.9. The van der Waals surface area contributed by atoms with Gasteiger partial charge in [-0.3, -0.25) is 9.59 Å². The average Bonchev–Trinajstić information content (AvgIpc) is 3.19. The Morgan fingerprint density at radius 2 is 1.91 bits per heavy atom. The van der Waals surface area contributed by atoms with Gasteiger partial charge in [-0.15, -0.1) is 0 Å². The molecule has 0 radical (unpaired) electrons. The second-order valence-electron chi connectivity index (χ2n) is 8.20. The first-order valence-corrected chi connectivity index (χ1v) is 11.1. The Bertz CT molecular complexity index is 1290. The molecule has 1 aromatic heterocycles. The van der Waals surface area contributed by atoms with Gasteiger partial charge in [-0.2, -0.15) is 5.10 Å². The first kappa shape index (κ1) is 23.9. The largest absolute Gasteiger partial charge is 0.454 e. The minimum Gasteiger partial charge on any atom is -0.454 e. The van der Waals surface area contributed by atoms with Crippen LogP contribution in [-0.4, -0.2) is 39.6 Å². The van der Waals surface area contributed by atoms with Crippen LogP contribution < -0.4 is 16.2 Å². The number of nitrogens with zero attached hydrogens (tertiary/aromatic N) is 3. The van der Waals surface area contributed by atoms with Crippen molar-refractivity contribution in [3.63, 3.8) is 0 Å². The van der Waals surface area contributed by atoms with E-state index >= 15 is 0 Å². The summed E-state index contributed by atoms with van der Waals surface area (Å²) in [6, 6.07) is 9.22. The summed E-state index contributed by atoms with van der Waals surface area (Å²) in [7, 11) is 0. The molecule has 35 heavy (non-hydrogen) atoms. The van der Waals surface area contributed by atoms with E-state index in [9.17, 15) is 18.4 Å². The van der Waals surface area contributed by atoms with Crippen molar-refractivity contribution < 1.29 is 23.1 Å². The highest BCUT2D eigenvalue weighted by Gasteiger charge is 2.29. The van der Waals surface area contributed by atoms with Crippen molar-refractivity contribution in [2.24, 2.45) is 5.73 Å². The van der Waals surface area contributed by atoms with Gasteiger partial charge in [0.05, 0.1) is 6.04 Å². The molecule has 1 aliphatic heterocycles. The van der Waals surface area contributed by atoms with E-state index in [4.69, 9.17) is 16.2 Å². The molecule has 0 saturated carbocycles. The summed E-state index contributed by atoms with van der Waals surface area (Å²) < 4.78 is 34.1. The van der Waals surface area contributed by atoms with E-state index in [1.165, 1.54) is 12.1 Å². The van der Waals surface area contributed by atoms with E-state index in [0.717, 1.165) is 25.0 Å². The SMILES string of the molecule is CC=CC(=O)N1CCC[C@@H](n2nc(-c3ccc(Oc4ccc(F)cc4F)cc3)c(C(N)=O)c2N)C1. The third-order valence-corrected chi connectivity index (χ3v) is 5.81. The predicted octanol–water partition coefficient (Wildman–Crippen LogP) is 4.04. The topological polar surface area (TPSA) is 116 Å². The Morgan fingerprint density at radius 3 is 2.57 bits per heavy atom. The summed E-state index contributed by atoms with van der Waals surface area (Å²) in [6.07, 6.45) is 4.70. The van der Waals surface area contributed by atoms with Crippen LogP contribution in [0.3, 0.4) is 0 Å². The summed E-state index contributed by atoms with van der Waals surface area (Å²) >= 11 is 0. The number of piperidine rings is 1. The molecule has 0 spiro atoms. The van der Waals surface area contributed by atoms with Gasteiger partial charge in [0, 0.05) is 24.7 Å². The molecule has 0 unspecified atom stereocenters. The molecule has 2 aromatic carbocycles. The van der Waals surface area contributed by atoms with Crippen LogP contribution in [0.2, 0.25) is 0 Å². The number of nitrogens with two attached hydrogens (primary N) is 2. The number of ether oxygens (including phenoxy) is 1. The number of nitrogen functional groups attached to an aromatic ring is 1. The van der Waals surface area contributed by atoms with E-state index in [1.807, 2.05) is 0 Å². The molecule has 2 amide bonds. The second kappa shape index (κ2) is 9.96. The lowest BCUT2D eigenvalue weighted by Crippen LogP contribution is -2.40. The molecule has 182 valence electrons. The molecule has 1 aliphatic rings. The Balaban J connectivity index is 1.62. The number of rotatable bonds is 6. The van der Waals surface area contributed by atoms with Gasteiger partial charge >= 0.3 is 0 Å². The lowest BCUT2D eigenvalue weighted by Gasteiger charge is -2.32. The molecule has 8 nitrogen and oxygen atoms in total. The van der Waals surface area contributed by atoms with Gasteiger partial charge in [-0.1, -0.05) is 6.08 Å². The molecular weight excluding hydrogens is 456 g/mol. The maximum atomic E-state index is 13.9. The fourth-order valence-corrected chi connectivity index (χ4v) is 4.14. The molecule has 0 bridgehead atoms. The van der Waals surface area contributed by atoms with Crippen LogP contribution in [0.5, 0.6) is 11.5 Å². The van der Waals surface area contributed by atoms with Crippen molar-refractivity contribution >= 4 is 17.6 Å². The Hall–Kier alpha value is -4.21. The normalized spacial score (nSPS) is 16.0. The van der Waals surface area contributed by atoms with Crippen molar-refractivity contribution in [1.29, 1.82) is 0 Å². The van der Waals surface area contributed by atoms with Gasteiger partial charge in [0.1, 0.15) is 28.6 Å². The quantitative estimate of drug-likeness (QED) is 0.516. The minimum absolute atomic E-state index is 0.0835. The number of halogens is 2. The van der Waals surface area contributed by atoms with Gasteiger partial charge < -0.3 is 21.1 Å². The number of aromatic nitrogens is 2. The van der Waals surface area contributed by atoms with Gasteiger partial charge in [-0.05, 0) is 62.2 Å². The van der Waals surface area contributed by atoms with Crippen LogP contribution in [0.15, 0.2) is 54.6 Å². The summed E-state index contributed by atoms with van der Waals surface area (Å²) in [5, 5.41) is 4.59. The van der Waals surface area contributed by atoms with Crippen LogP contribution in [0.25, 0.3) is 11.3 Å². The fraction of sp³-hybridized carbons (Fsp3) is 0.240. The Morgan fingerprint density at radius 1 is 1.17 bits per heavy atom. The van der Waals surface area contributed by atoms with Crippen LogP contribution >= 0.6 is 0 Å². The molecule has 3 aromatic rings. The molecule has 1 atom stereocenters. The van der Waals surface area contributed by atoms with Crippen molar-refractivity contribution in [1.82, 2.24) is 14.7 Å². The van der Waals surface area contributed by atoms with E-state index in [2.05, 4.69) is 5.10 Å². The van der Waals surface area contributed by atoms with Gasteiger partial charge in [0.15, 0.2) is 11.6 Å². The van der Waals surface area contributed by atoms with Crippen molar-refractivity contribution in [2.45, 2.75) is 25.8 Å². The summed E-state index contributed by atoms with van der Waals surface area (Å²) in [6.45, 7) is 2.82. The number of primary amides is 1. The maximum Gasteiger partial charge on any atom is 0.254 e. The first-order valence-electron chi connectivity index (χ1n) is 11.1. The number of allylic oxidation sites excluding steroid dienone is 1. The lowest BCUT2D eigenvalue weighted by molar-refractivity contribution is -0.127. The maximum absolute atomic E-state index is 13.9. The number of likely N-dealkylation sites (tertiary alicyclic amines) is 1. The standard InChI is InChI=1S/C25H25F2N5O3/c1-2-4-21(33)31-12-3-5-17(14-31)32-24(28)22(25(29)34)23(30-32)15-6-9-18(10-7-15)35-20-11-8-16(26)13-19(20)27/h2,4,6-11,13,17H,3,5,12,14,28H2,1H3,(H2,29,34)/t17-/m1/s1. The Labute approximate surface area is 200 Å². The van der Waals surface area contributed by atoms with E-state index in [-0.39, 0.29) is 29.1 Å². The number of hydrogen-bond donors (Lipinski definition) is 2. The van der Waals surface area contributed by atoms with Gasteiger partial charge in [-0.25, -0.2) is 13.5 Å². The number of benzene rings is 2. The smallest absolute Gasteiger partial charge is 0.254 e. The summed E-state index contributed by atoms with van der Waals surface area (Å²) in [5.74, 6) is -2.04. The highest BCUT2D eigenvalue weighted by Crippen LogP contribution is 2.33. The number of anilines is 1. The van der Waals surface area contributed by atoms with Crippen molar-refractivity contribution in [3.05, 3.63) is 71.8 Å². The number of carbonyl (C=O) groups is 2. The van der Waals surface area contributed by atoms with E-state index in [0.29, 0.717) is 30.1 Å². The van der Waals surface area contributed by atoms with Crippen LogP contribution in [0, 0.1) is 11.6 Å². The molecular formula is C25H25F2N5O3. The molecule has 1 saturated heterocycles. The number of carbonyl (C=O) groups excluding carboxylic acids is 2. The zero-order chi connectivity index (χ0) is 25.1.